The lowest BCUT2D eigenvalue weighted by Gasteiger charge is -2.15. The standard InChI is InChI=1S/C26H27N5O4/c1-18-15-21(19(2)27-35-16-20-9-6-5-7-10-20)13-14-24(18)34-17-22-23(11-8-12-25(22)33-4)31-26(32)30(3)28-29-31/h5-15H,16-17H2,1-4H3. The summed E-state index contributed by atoms with van der Waals surface area (Å²) in [5.74, 6) is 1.29. The van der Waals surface area contributed by atoms with E-state index in [0.29, 0.717) is 29.4 Å². The molecule has 0 spiro atoms. The highest BCUT2D eigenvalue weighted by atomic mass is 16.6. The van der Waals surface area contributed by atoms with E-state index in [2.05, 4.69) is 15.6 Å². The van der Waals surface area contributed by atoms with Gasteiger partial charge in [0.2, 0.25) is 0 Å². The van der Waals surface area contributed by atoms with Crippen LogP contribution in [0.1, 0.15) is 29.2 Å². The molecule has 0 aliphatic heterocycles. The number of rotatable bonds is 9. The van der Waals surface area contributed by atoms with Crippen LogP contribution in [0.5, 0.6) is 11.5 Å². The summed E-state index contributed by atoms with van der Waals surface area (Å²) in [6.45, 7) is 4.46. The number of oxime groups is 1. The molecule has 1 aromatic heterocycles. The zero-order valence-electron chi connectivity index (χ0n) is 20.1. The van der Waals surface area contributed by atoms with E-state index in [4.69, 9.17) is 14.3 Å². The van der Waals surface area contributed by atoms with Gasteiger partial charge in [-0.3, -0.25) is 0 Å². The molecular formula is C26H27N5O4. The van der Waals surface area contributed by atoms with Crippen LogP contribution in [-0.4, -0.2) is 32.6 Å². The topological polar surface area (TPSA) is 92.8 Å². The lowest BCUT2D eigenvalue weighted by Crippen LogP contribution is -2.23. The second-order valence-corrected chi connectivity index (χ2v) is 7.96. The predicted molar refractivity (Wildman–Crippen MR) is 132 cm³/mol. The molecule has 3 aromatic carbocycles. The van der Waals surface area contributed by atoms with Gasteiger partial charge in [0, 0.05) is 7.05 Å². The van der Waals surface area contributed by atoms with E-state index < -0.39 is 0 Å². The molecular weight excluding hydrogens is 446 g/mol. The number of aromatic nitrogens is 4. The molecule has 0 saturated heterocycles. The summed E-state index contributed by atoms with van der Waals surface area (Å²) in [5, 5.41) is 12.0. The highest BCUT2D eigenvalue weighted by molar-refractivity contribution is 5.98. The Hall–Kier alpha value is -4.40. The van der Waals surface area contributed by atoms with Crippen molar-refractivity contribution in [2.75, 3.05) is 7.11 Å². The van der Waals surface area contributed by atoms with Crippen LogP contribution < -0.4 is 15.2 Å². The molecule has 0 aliphatic rings. The second kappa shape index (κ2) is 10.7. The minimum absolute atomic E-state index is 0.176. The number of methoxy groups -OCH3 is 1. The van der Waals surface area contributed by atoms with Gasteiger partial charge in [-0.25, -0.2) is 4.79 Å². The van der Waals surface area contributed by atoms with Gasteiger partial charge in [-0.2, -0.15) is 9.36 Å². The van der Waals surface area contributed by atoms with Gasteiger partial charge in [0.25, 0.3) is 0 Å². The van der Waals surface area contributed by atoms with Crippen LogP contribution in [-0.2, 0) is 25.1 Å². The third-order valence-corrected chi connectivity index (χ3v) is 5.52. The first-order valence-corrected chi connectivity index (χ1v) is 11.1. The number of benzene rings is 3. The highest BCUT2D eigenvalue weighted by Crippen LogP contribution is 2.27. The number of nitrogens with zero attached hydrogens (tertiary/aromatic N) is 5. The van der Waals surface area contributed by atoms with Crippen LogP contribution in [0.25, 0.3) is 5.69 Å². The van der Waals surface area contributed by atoms with Crippen molar-refractivity contribution in [2.45, 2.75) is 27.1 Å². The molecule has 4 rings (SSSR count). The third kappa shape index (κ3) is 5.40. The fraction of sp³-hybridized carbons (Fsp3) is 0.231. The van der Waals surface area contributed by atoms with Crippen molar-refractivity contribution in [3.8, 4) is 17.2 Å². The molecule has 35 heavy (non-hydrogen) atoms. The maximum atomic E-state index is 12.4. The van der Waals surface area contributed by atoms with Gasteiger partial charge in [0.05, 0.1) is 24.1 Å². The van der Waals surface area contributed by atoms with Crippen LogP contribution >= 0.6 is 0 Å². The van der Waals surface area contributed by atoms with Crippen LogP contribution in [0.3, 0.4) is 0 Å². The Bertz CT molecular complexity index is 1390. The Balaban J connectivity index is 1.50. The minimum Gasteiger partial charge on any atom is -0.496 e. The smallest absolute Gasteiger partial charge is 0.368 e. The van der Waals surface area contributed by atoms with Crippen molar-refractivity contribution in [1.29, 1.82) is 0 Å². The molecule has 1 heterocycles. The first-order valence-electron chi connectivity index (χ1n) is 11.1. The van der Waals surface area contributed by atoms with E-state index in [0.717, 1.165) is 22.4 Å². The first kappa shape index (κ1) is 23.7. The van der Waals surface area contributed by atoms with Crippen molar-refractivity contribution in [1.82, 2.24) is 19.8 Å². The average Bonchev–Trinajstić information content (AvgIpc) is 3.21. The molecule has 0 bridgehead atoms. The fourth-order valence-corrected chi connectivity index (χ4v) is 3.57. The summed E-state index contributed by atoms with van der Waals surface area (Å²) < 4.78 is 14.0. The number of tetrazole rings is 1. The van der Waals surface area contributed by atoms with E-state index in [-0.39, 0.29) is 12.3 Å². The molecule has 0 radical (unpaired) electrons. The molecule has 9 nitrogen and oxygen atoms in total. The van der Waals surface area contributed by atoms with Crippen LogP contribution in [0.2, 0.25) is 0 Å². The van der Waals surface area contributed by atoms with Crippen molar-refractivity contribution in [3.63, 3.8) is 0 Å². The SMILES string of the molecule is COc1cccc(-n2nnn(C)c2=O)c1COc1ccc(C(C)=NOCc2ccccc2)cc1C. The second-order valence-electron chi connectivity index (χ2n) is 7.96. The van der Waals surface area contributed by atoms with Crippen LogP contribution in [0.15, 0.2) is 76.7 Å². The van der Waals surface area contributed by atoms with Crippen LogP contribution in [0.4, 0.5) is 0 Å². The van der Waals surface area contributed by atoms with Crippen molar-refractivity contribution < 1.29 is 14.3 Å². The van der Waals surface area contributed by atoms with E-state index in [1.807, 2.05) is 68.4 Å². The Morgan fingerprint density at radius 2 is 1.77 bits per heavy atom. The minimum atomic E-state index is -0.357. The molecule has 0 aliphatic carbocycles. The molecule has 0 N–H and O–H groups in total. The maximum absolute atomic E-state index is 12.4. The van der Waals surface area contributed by atoms with Crippen molar-refractivity contribution in [3.05, 3.63) is 99.5 Å². The van der Waals surface area contributed by atoms with Gasteiger partial charge in [-0.15, -0.1) is 0 Å². The number of aryl methyl sites for hydroxylation is 2. The zero-order valence-corrected chi connectivity index (χ0v) is 20.1. The summed E-state index contributed by atoms with van der Waals surface area (Å²) in [6, 6.07) is 21.1. The molecule has 9 heteroatoms. The highest BCUT2D eigenvalue weighted by Gasteiger charge is 2.16. The summed E-state index contributed by atoms with van der Waals surface area (Å²) >= 11 is 0. The molecule has 0 amide bonds. The molecule has 0 saturated carbocycles. The Morgan fingerprint density at radius 3 is 2.46 bits per heavy atom. The van der Waals surface area contributed by atoms with Gasteiger partial charge in [0.1, 0.15) is 24.7 Å². The van der Waals surface area contributed by atoms with Crippen molar-refractivity contribution in [2.24, 2.45) is 12.2 Å². The van der Waals surface area contributed by atoms with E-state index in [9.17, 15) is 4.79 Å². The quantitative estimate of drug-likeness (QED) is 0.271. The Labute approximate surface area is 203 Å². The van der Waals surface area contributed by atoms with Gasteiger partial charge in [-0.1, -0.05) is 41.6 Å². The number of hydrogen-bond donors (Lipinski definition) is 0. The largest absolute Gasteiger partial charge is 0.496 e. The summed E-state index contributed by atoms with van der Waals surface area (Å²) in [4.78, 5) is 17.9. The van der Waals surface area contributed by atoms with Gasteiger partial charge in [0.15, 0.2) is 0 Å². The first-order chi connectivity index (χ1) is 17.0. The monoisotopic (exact) mass is 473 g/mol. The Kier molecular flexibility index (Phi) is 7.25. The van der Waals surface area contributed by atoms with E-state index in [1.54, 1.807) is 26.3 Å². The molecule has 4 aromatic rings. The third-order valence-electron chi connectivity index (χ3n) is 5.52. The molecule has 0 fully saturated rings. The molecule has 0 unspecified atom stereocenters. The van der Waals surface area contributed by atoms with Gasteiger partial charge >= 0.3 is 5.69 Å². The summed E-state index contributed by atoms with van der Waals surface area (Å²) in [5.41, 5.74) is 4.58. The summed E-state index contributed by atoms with van der Waals surface area (Å²) in [6.07, 6.45) is 0. The lowest BCUT2D eigenvalue weighted by atomic mass is 10.1. The summed E-state index contributed by atoms with van der Waals surface area (Å²) in [7, 11) is 3.12. The van der Waals surface area contributed by atoms with E-state index in [1.165, 1.54) is 9.36 Å². The van der Waals surface area contributed by atoms with Gasteiger partial charge < -0.3 is 14.3 Å². The van der Waals surface area contributed by atoms with E-state index >= 15 is 0 Å². The average molecular weight is 474 g/mol. The van der Waals surface area contributed by atoms with Crippen LogP contribution in [0, 0.1) is 6.92 Å². The maximum Gasteiger partial charge on any atom is 0.368 e. The number of ether oxygens (including phenoxy) is 2. The lowest BCUT2D eigenvalue weighted by molar-refractivity contribution is 0.130. The van der Waals surface area contributed by atoms with Gasteiger partial charge in [-0.05, 0) is 71.3 Å². The normalized spacial score (nSPS) is 11.4. The Morgan fingerprint density at radius 1 is 0.971 bits per heavy atom. The molecule has 0 atom stereocenters. The van der Waals surface area contributed by atoms with Crippen molar-refractivity contribution >= 4 is 5.71 Å². The number of hydrogen-bond acceptors (Lipinski definition) is 7. The fourth-order valence-electron chi connectivity index (χ4n) is 3.57. The molecule has 180 valence electrons. The predicted octanol–water partition coefficient (Wildman–Crippen LogP) is 3.80. The zero-order chi connectivity index (χ0) is 24.8.